The number of aromatic carboxylic acids is 1. The minimum Gasteiger partial charge on any atom is -0.478 e. The number of carboxylic acids is 1. The van der Waals surface area contributed by atoms with Crippen LogP contribution in [0.3, 0.4) is 0 Å². The van der Waals surface area contributed by atoms with Gasteiger partial charge in [0.25, 0.3) is 5.89 Å². The van der Waals surface area contributed by atoms with E-state index in [1.54, 1.807) is 6.92 Å². The average Bonchev–Trinajstić information content (AvgIpc) is 2.64. The zero-order valence-corrected chi connectivity index (χ0v) is 10.1. The highest BCUT2D eigenvalue weighted by atomic mass is 35.5. The molecule has 7 heteroatoms. The van der Waals surface area contributed by atoms with Gasteiger partial charge in [-0.2, -0.15) is 0 Å². The van der Waals surface area contributed by atoms with Crippen LogP contribution >= 0.6 is 23.2 Å². The van der Waals surface area contributed by atoms with Crippen molar-refractivity contribution in [3.05, 3.63) is 33.6 Å². The van der Waals surface area contributed by atoms with E-state index < -0.39 is 5.97 Å². The van der Waals surface area contributed by atoms with E-state index in [-0.39, 0.29) is 27.1 Å². The zero-order valence-electron chi connectivity index (χ0n) is 8.57. The van der Waals surface area contributed by atoms with Gasteiger partial charge in [-0.25, -0.2) is 4.79 Å². The summed E-state index contributed by atoms with van der Waals surface area (Å²) in [4.78, 5) is 10.9. The quantitative estimate of drug-likeness (QED) is 0.909. The minimum atomic E-state index is -1.15. The molecule has 2 rings (SSSR count). The number of carboxylic acid groups (broad SMARTS) is 1. The molecule has 0 aliphatic carbocycles. The van der Waals surface area contributed by atoms with Gasteiger partial charge in [-0.05, 0) is 12.1 Å². The molecule has 17 heavy (non-hydrogen) atoms. The second kappa shape index (κ2) is 4.35. The van der Waals surface area contributed by atoms with E-state index in [0.717, 1.165) is 0 Å². The second-order valence-electron chi connectivity index (χ2n) is 3.22. The maximum Gasteiger partial charge on any atom is 0.337 e. The van der Waals surface area contributed by atoms with E-state index in [1.165, 1.54) is 12.1 Å². The predicted molar refractivity (Wildman–Crippen MR) is 61.5 cm³/mol. The van der Waals surface area contributed by atoms with Crippen LogP contribution in [-0.2, 0) is 0 Å². The number of aromatic nitrogens is 2. The number of halogens is 2. The summed E-state index contributed by atoms with van der Waals surface area (Å²) in [6, 6.07) is 2.74. The third-order valence-corrected chi connectivity index (χ3v) is 2.77. The van der Waals surface area contributed by atoms with Gasteiger partial charge in [0.1, 0.15) is 0 Å². The first kappa shape index (κ1) is 11.9. The lowest BCUT2D eigenvalue weighted by atomic mass is 10.1. The van der Waals surface area contributed by atoms with Crippen molar-refractivity contribution in [1.29, 1.82) is 0 Å². The van der Waals surface area contributed by atoms with E-state index in [1.807, 2.05) is 0 Å². The van der Waals surface area contributed by atoms with Crippen molar-refractivity contribution in [2.24, 2.45) is 0 Å². The van der Waals surface area contributed by atoms with Crippen LogP contribution in [0.15, 0.2) is 16.5 Å². The lowest BCUT2D eigenvalue weighted by Gasteiger charge is -2.05. The third-order valence-electron chi connectivity index (χ3n) is 2.06. The lowest BCUT2D eigenvalue weighted by Crippen LogP contribution is -1.99. The first-order valence-electron chi connectivity index (χ1n) is 4.52. The molecule has 0 saturated heterocycles. The minimum absolute atomic E-state index is 0.0198. The number of benzene rings is 1. The predicted octanol–water partition coefficient (Wildman–Crippen LogP) is 3.05. The Morgan fingerprint density at radius 2 is 2.06 bits per heavy atom. The van der Waals surface area contributed by atoms with Gasteiger partial charge in [-0.1, -0.05) is 23.2 Å². The van der Waals surface area contributed by atoms with Crippen molar-refractivity contribution in [1.82, 2.24) is 10.2 Å². The van der Waals surface area contributed by atoms with Crippen LogP contribution < -0.4 is 0 Å². The number of carbonyl (C=O) groups is 1. The third kappa shape index (κ3) is 2.11. The van der Waals surface area contributed by atoms with Crippen LogP contribution in [0.1, 0.15) is 16.2 Å². The zero-order chi connectivity index (χ0) is 12.6. The Bertz CT molecular complexity index is 595. The van der Waals surface area contributed by atoms with Crippen molar-refractivity contribution in [2.75, 3.05) is 0 Å². The molecule has 0 fully saturated rings. The smallest absolute Gasteiger partial charge is 0.337 e. The summed E-state index contributed by atoms with van der Waals surface area (Å²) in [5.74, 6) is -0.711. The fourth-order valence-electron chi connectivity index (χ4n) is 1.31. The van der Waals surface area contributed by atoms with Crippen molar-refractivity contribution in [3.63, 3.8) is 0 Å². The van der Waals surface area contributed by atoms with E-state index in [9.17, 15) is 4.79 Å². The van der Waals surface area contributed by atoms with Crippen molar-refractivity contribution in [2.45, 2.75) is 6.92 Å². The first-order valence-corrected chi connectivity index (χ1v) is 5.28. The van der Waals surface area contributed by atoms with Gasteiger partial charge in [0, 0.05) is 6.92 Å². The van der Waals surface area contributed by atoms with E-state index in [4.69, 9.17) is 32.7 Å². The Labute approximate surface area is 106 Å². The Kier molecular flexibility index (Phi) is 3.04. The van der Waals surface area contributed by atoms with E-state index in [0.29, 0.717) is 5.89 Å². The van der Waals surface area contributed by atoms with Crippen LogP contribution in [0.25, 0.3) is 11.5 Å². The van der Waals surface area contributed by atoms with Gasteiger partial charge in [-0.3, -0.25) is 0 Å². The van der Waals surface area contributed by atoms with Crippen LogP contribution in [-0.4, -0.2) is 21.3 Å². The maximum absolute atomic E-state index is 10.9. The molecule has 0 amide bonds. The van der Waals surface area contributed by atoms with Gasteiger partial charge in [0.2, 0.25) is 5.89 Å². The lowest BCUT2D eigenvalue weighted by molar-refractivity contribution is 0.0697. The van der Waals surface area contributed by atoms with Crippen molar-refractivity contribution >= 4 is 29.2 Å². The maximum atomic E-state index is 10.9. The number of rotatable bonds is 2. The summed E-state index contributed by atoms with van der Waals surface area (Å²) in [7, 11) is 0. The first-order chi connectivity index (χ1) is 8.00. The van der Waals surface area contributed by atoms with Crippen molar-refractivity contribution < 1.29 is 14.3 Å². The molecule has 1 heterocycles. The number of hydrogen-bond acceptors (Lipinski definition) is 4. The van der Waals surface area contributed by atoms with Crippen LogP contribution in [0.2, 0.25) is 10.0 Å². The highest BCUT2D eigenvalue weighted by Gasteiger charge is 2.20. The molecule has 1 N–H and O–H groups in total. The summed E-state index contributed by atoms with van der Waals surface area (Å²) in [6.45, 7) is 1.61. The monoisotopic (exact) mass is 272 g/mol. The molecule has 1 aromatic carbocycles. The van der Waals surface area contributed by atoms with Crippen molar-refractivity contribution in [3.8, 4) is 11.5 Å². The highest BCUT2D eigenvalue weighted by molar-refractivity contribution is 6.40. The van der Waals surface area contributed by atoms with Gasteiger partial charge in [0.05, 0.1) is 21.2 Å². The summed E-state index contributed by atoms with van der Waals surface area (Å²) >= 11 is 11.9. The Morgan fingerprint density at radius 1 is 1.35 bits per heavy atom. The molecule has 0 aliphatic heterocycles. The summed E-state index contributed by atoms with van der Waals surface area (Å²) in [5.41, 5.74) is 0.163. The molecule has 0 saturated carbocycles. The van der Waals surface area contributed by atoms with Gasteiger partial charge in [-0.15, -0.1) is 10.2 Å². The topological polar surface area (TPSA) is 76.2 Å². The standard InChI is InChI=1S/C10H6Cl2N2O3/c1-4-13-14-9(17-4)7-6(11)3-2-5(8(7)12)10(15)16/h2-3H,1H3,(H,15,16). The molecular weight excluding hydrogens is 267 g/mol. The van der Waals surface area contributed by atoms with Crippen LogP contribution in [0, 0.1) is 6.92 Å². The molecule has 0 bridgehead atoms. The highest BCUT2D eigenvalue weighted by Crippen LogP contribution is 2.36. The Hall–Kier alpha value is -1.59. The fourth-order valence-corrected chi connectivity index (χ4v) is 1.92. The normalized spacial score (nSPS) is 10.5. The van der Waals surface area contributed by atoms with Crippen LogP contribution in [0.4, 0.5) is 0 Å². The number of hydrogen-bond donors (Lipinski definition) is 1. The van der Waals surface area contributed by atoms with Gasteiger partial charge >= 0.3 is 5.97 Å². The molecule has 0 atom stereocenters. The molecule has 0 radical (unpaired) electrons. The Balaban J connectivity index is 2.68. The summed E-state index contributed by atoms with van der Waals surface area (Å²) in [6.07, 6.45) is 0. The summed E-state index contributed by atoms with van der Waals surface area (Å²) in [5, 5.41) is 16.6. The molecular formula is C10H6Cl2N2O3. The van der Waals surface area contributed by atoms with E-state index >= 15 is 0 Å². The molecule has 0 spiro atoms. The van der Waals surface area contributed by atoms with Crippen LogP contribution in [0.5, 0.6) is 0 Å². The fraction of sp³-hybridized carbons (Fsp3) is 0.100. The SMILES string of the molecule is Cc1nnc(-c2c(Cl)ccc(C(=O)O)c2Cl)o1. The summed E-state index contributed by atoms with van der Waals surface area (Å²) < 4.78 is 5.18. The number of aryl methyl sites for hydroxylation is 1. The Morgan fingerprint density at radius 3 is 2.59 bits per heavy atom. The molecule has 5 nitrogen and oxygen atoms in total. The van der Waals surface area contributed by atoms with Gasteiger partial charge < -0.3 is 9.52 Å². The molecule has 0 aliphatic rings. The molecule has 88 valence electrons. The molecule has 2 aromatic rings. The van der Waals surface area contributed by atoms with E-state index in [2.05, 4.69) is 10.2 Å². The molecule has 1 aromatic heterocycles. The second-order valence-corrected chi connectivity index (χ2v) is 4.00. The van der Waals surface area contributed by atoms with Gasteiger partial charge in [0.15, 0.2) is 0 Å². The largest absolute Gasteiger partial charge is 0.478 e. The number of nitrogens with zero attached hydrogens (tertiary/aromatic N) is 2. The average molecular weight is 273 g/mol. The molecule has 0 unspecified atom stereocenters.